The Balaban J connectivity index is 1.32. The van der Waals surface area contributed by atoms with Gasteiger partial charge < -0.3 is 34.6 Å². The molecule has 0 spiro atoms. The molecule has 4 aromatic rings. The first-order chi connectivity index (χ1) is 31.2. The predicted octanol–water partition coefficient (Wildman–Crippen LogP) is 4.62. The van der Waals surface area contributed by atoms with Crippen molar-refractivity contribution >= 4 is 40.5 Å². The molecule has 7 rings (SSSR count). The number of carbonyl (C=O) groups is 5. The molecule has 5 heterocycles. The Labute approximate surface area is 385 Å². The molecule has 2 fully saturated rings. The van der Waals surface area contributed by atoms with Crippen LogP contribution in [-0.4, -0.2) is 121 Å². The number of β-amino-alcohol motifs (C(OH)–C–C–N with tert-alkyl or cyclic N) is 1. The van der Waals surface area contributed by atoms with Crippen LogP contribution in [0.5, 0.6) is 5.75 Å². The third kappa shape index (κ3) is 9.41. The number of esters is 1. The molecular weight excluding hydrogens is 841 g/mol. The molecule has 4 N–H and O–H groups in total. The molecule has 66 heavy (non-hydrogen) atoms. The van der Waals surface area contributed by atoms with Crippen LogP contribution < -0.4 is 10.7 Å². The van der Waals surface area contributed by atoms with E-state index in [0.717, 1.165) is 39.4 Å². The van der Waals surface area contributed by atoms with Crippen molar-refractivity contribution in [2.45, 2.75) is 103 Å². The molecule has 2 aromatic carbocycles. The Morgan fingerprint density at radius 3 is 2.55 bits per heavy atom. The van der Waals surface area contributed by atoms with Crippen molar-refractivity contribution in [3.8, 4) is 34.2 Å². The Morgan fingerprint density at radius 2 is 1.86 bits per heavy atom. The number of ether oxygens (including phenoxy) is 1. The molecule has 0 radical (unpaired) electrons. The molecule has 348 valence electrons. The SMILES string of the molecule is C=CC(=O)N1CC[C@](O)(C(=O)N(C)[C@H](C(=O)N[C@H]2Cc3cc(O)cc(c3)-c3ccc4c(c3)c(c(-c3cccnc3)n4C(C)(C)C#N)CC(C)(C)COC(=O)[C@@H]3CCCN(N3)C2=O)C(C)C)C1. The number of cyclic esters (lactones) is 1. The van der Waals surface area contributed by atoms with Gasteiger partial charge in [-0.15, -0.1) is 0 Å². The van der Waals surface area contributed by atoms with Crippen LogP contribution in [0.2, 0.25) is 0 Å². The molecule has 2 aromatic heterocycles. The number of likely N-dealkylation sites (tertiary alicyclic amines) is 1. The first-order valence-corrected chi connectivity index (χ1v) is 22.5. The zero-order chi connectivity index (χ0) is 47.9. The molecule has 4 atom stereocenters. The minimum atomic E-state index is -1.94. The van der Waals surface area contributed by atoms with Crippen LogP contribution in [-0.2, 0) is 47.1 Å². The van der Waals surface area contributed by atoms with Crippen molar-refractivity contribution in [1.82, 2.24) is 35.1 Å². The number of hydrogen-bond acceptors (Lipinski definition) is 11. The van der Waals surface area contributed by atoms with E-state index >= 15 is 0 Å². The lowest BCUT2D eigenvalue weighted by atomic mass is 9.84. The second-order valence-electron chi connectivity index (χ2n) is 19.6. The van der Waals surface area contributed by atoms with Crippen LogP contribution in [0.4, 0.5) is 0 Å². The van der Waals surface area contributed by atoms with Crippen LogP contribution in [0, 0.1) is 22.7 Å². The van der Waals surface area contributed by atoms with E-state index in [1.165, 1.54) is 27.9 Å². The Hall–Kier alpha value is -6.57. The molecule has 0 unspecified atom stereocenters. The summed E-state index contributed by atoms with van der Waals surface area (Å²) in [5.41, 5.74) is 4.72. The van der Waals surface area contributed by atoms with Crippen molar-refractivity contribution in [2.24, 2.45) is 11.3 Å². The fraction of sp³-hybridized carbons (Fsp3) is 0.460. The Kier molecular flexibility index (Phi) is 13.2. The number of hydrazine groups is 1. The van der Waals surface area contributed by atoms with Crippen molar-refractivity contribution in [1.29, 1.82) is 5.26 Å². The molecular formula is C50H60N8O8. The average molecular weight is 901 g/mol. The van der Waals surface area contributed by atoms with Gasteiger partial charge in [-0.2, -0.15) is 5.26 Å². The van der Waals surface area contributed by atoms with Crippen molar-refractivity contribution in [3.63, 3.8) is 0 Å². The van der Waals surface area contributed by atoms with Crippen LogP contribution >= 0.6 is 0 Å². The molecule has 16 nitrogen and oxygen atoms in total. The summed E-state index contributed by atoms with van der Waals surface area (Å²) in [5.74, 6) is -3.49. The van der Waals surface area contributed by atoms with Gasteiger partial charge in [0, 0.05) is 61.7 Å². The van der Waals surface area contributed by atoms with E-state index in [9.17, 15) is 39.4 Å². The number of fused-ring (bicyclic) bond motifs is 6. The molecule has 6 bridgehead atoms. The molecule has 3 aliphatic heterocycles. The van der Waals surface area contributed by atoms with Crippen LogP contribution in [0.15, 0.2) is 73.6 Å². The number of nitriles is 1. The maximum atomic E-state index is 14.7. The van der Waals surface area contributed by atoms with Crippen molar-refractivity contribution in [2.75, 3.05) is 33.3 Å². The van der Waals surface area contributed by atoms with Gasteiger partial charge in [-0.3, -0.25) is 34.0 Å². The van der Waals surface area contributed by atoms with Gasteiger partial charge in [-0.1, -0.05) is 46.4 Å². The maximum Gasteiger partial charge on any atom is 0.324 e. The molecule has 4 amide bonds. The number of hydrogen-bond donors (Lipinski definition) is 4. The normalized spacial score (nSPS) is 21.7. The quantitative estimate of drug-likeness (QED) is 0.142. The lowest BCUT2D eigenvalue weighted by Gasteiger charge is -2.37. The fourth-order valence-electron chi connectivity index (χ4n) is 9.67. The monoisotopic (exact) mass is 900 g/mol. The van der Waals surface area contributed by atoms with Gasteiger partial charge in [0.25, 0.3) is 11.8 Å². The summed E-state index contributed by atoms with van der Waals surface area (Å²) in [7, 11) is 1.41. The number of aliphatic hydroxyl groups is 1. The van der Waals surface area contributed by atoms with Gasteiger partial charge in [0.05, 0.1) is 30.4 Å². The fourth-order valence-corrected chi connectivity index (χ4v) is 9.67. The number of phenolic OH excluding ortho intramolecular Hbond substituents is 1. The van der Waals surface area contributed by atoms with Gasteiger partial charge in [-0.25, -0.2) is 5.43 Å². The van der Waals surface area contributed by atoms with Crippen LogP contribution in [0.25, 0.3) is 33.3 Å². The number of aromatic hydroxyl groups is 1. The summed E-state index contributed by atoms with van der Waals surface area (Å²) in [6.07, 6.45) is 5.74. The first kappa shape index (κ1) is 47.4. The molecule has 16 heteroatoms. The summed E-state index contributed by atoms with van der Waals surface area (Å²) in [5, 5.41) is 38.4. The van der Waals surface area contributed by atoms with E-state index in [1.807, 2.05) is 68.7 Å². The smallest absolute Gasteiger partial charge is 0.324 e. The molecule has 2 saturated heterocycles. The molecule has 0 aliphatic carbocycles. The number of nitrogens with one attached hydrogen (secondary N) is 2. The standard InChI is InChI=1S/C50H60N8O8/c1-9-41(60)56-19-16-50(65,28-56)47(64)55(8)42(30(2)3)44(61)53-39-22-31-20-34(23-35(59)21-31)32-14-15-40-36(24-32)37(43(33-12-10-17-52-26-33)58(40)49(6,7)27-51)25-48(4,5)29-66-46(63)38-13-11-18-57(54-38)45(39)62/h9-10,12,14-15,17,20-21,23-24,26,30,38-39,42,54,59,65H,1,11,13,16,18-19,22,25,28-29H2,2-8H3,(H,53,61)/t38-,39-,42-,50+/m0/s1. The summed E-state index contributed by atoms with van der Waals surface area (Å²) >= 11 is 0. The zero-order valence-electron chi connectivity index (χ0n) is 38.8. The number of rotatable bonds is 8. The highest BCUT2D eigenvalue weighted by Gasteiger charge is 2.48. The van der Waals surface area contributed by atoms with Gasteiger partial charge in [0.1, 0.15) is 29.4 Å². The second kappa shape index (κ2) is 18.4. The number of phenols is 1. The summed E-state index contributed by atoms with van der Waals surface area (Å²) in [4.78, 5) is 76.3. The third-order valence-corrected chi connectivity index (χ3v) is 13.0. The topological polar surface area (TPSA) is 210 Å². The van der Waals surface area contributed by atoms with Gasteiger partial charge in [-0.05, 0) is 104 Å². The largest absolute Gasteiger partial charge is 0.508 e. The van der Waals surface area contributed by atoms with Crippen molar-refractivity contribution in [3.05, 3.63) is 84.7 Å². The number of likely N-dealkylation sites (N-methyl/N-ethyl adjacent to an activating group) is 1. The Bertz CT molecular complexity index is 2620. The lowest BCUT2D eigenvalue weighted by molar-refractivity contribution is -0.156. The number of carbonyl (C=O) groups excluding carboxylic acids is 5. The first-order valence-electron chi connectivity index (χ1n) is 22.5. The van der Waals surface area contributed by atoms with E-state index < -0.39 is 70.2 Å². The van der Waals surface area contributed by atoms with Crippen molar-refractivity contribution < 1.29 is 38.9 Å². The summed E-state index contributed by atoms with van der Waals surface area (Å²) in [6.45, 7) is 14.8. The van der Waals surface area contributed by atoms with Gasteiger partial charge in [0.2, 0.25) is 11.8 Å². The number of amides is 4. The van der Waals surface area contributed by atoms with E-state index in [4.69, 9.17) is 4.74 Å². The van der Waals surface area contributed by atoms with Crippen LogP contribution in [0.1, 0.15) is 71.9 Å². The van der Waals surface area contributed by atoms with E-state index in [0.29, 0.717) is 30.4 Å². The van der Waals surface area contributed by atoms with E-state index in [2.05, 4.69) is 28.4 Å². The van der Waals surface area contributed by atoms with E-state index in [1.54, 1.807) is 32.3 Å². The highest BCUT2D eigenvalue weighted by atomic mass is 16.5. The predicted molar refractivity (Wildman–Crippen MR) is 247 cm³/mol. The number of benzene rings is 2. The average Bonchev–Trinajstić information content (AvgIpc) is 3.85. The minimum absolute atomic E-state index is 0.0333. The molecule has 3 aliphatic rings. The van der Waals surface area contributed by atoms with Crippen LogP contribution in [0.3, 0.4) is 0 Å². The highest BCUT2D eigenvalue weighted by molar-refractivity contribution is 5.97. The number of aromatic nitrogens is 2. The number of nitrogens with zero attached hydrogens (tertiary/aromatic N) is 6. The molecule has 0 saturated carbocycles. The summed E-state index contributed by atoms with van der Waals surface area (Å²) < 4.78 is 8.07. The van der Waals surface area contributed by atoms with Gasteiger partial charge >= 0.3 is 5.97 Å². The zero-order valence-corrected chi connectivity index (χ0v) is 38.8. The minimum Gasteiger partial charge on any atom is -0.508 e. The van der Waals surface area contributed by atoms with Gasteiger partial charge in [0.15, 0.2) is 5.60 Å². The third-order valence-electron chi connectivity index (χ3n) is 13.0. The lowest BCUT2D eigenvalue weighted by Crippen LogP contribution is -2.63. The Morgan fingerprint density at radius 1 is 1.11 bits per heavy atom. The van der Waals surface area contributed by atoms with E-state index in [-0.39, 0.29) is 44.8 Å². The highest BCUT2D eigenvalue weighted by Crippen LogP contribution is 2.43. The number of pyridine rings is 1. The second-order valence-corrected chi connectivity index (χ2v) is 19.6. The summed E-state index contributed by atoms with van der Waals surface area (Å²) in [6, 6.07) is 13.9. The maximum absolute atomic E-state index is 14.7.